The summed E-state index contributed by atoms with van der Waals surface area (Å²) in [5.74, 6) is -0.0646. The molecule has 0 atom stereocenters. The lowest BCUT2D eigenvalue weighted by atomic mass is 10.1. The van der Waals surface area contributed by atoms with Crippen LogP contribution in [0.5, 0.6) is 0 Å². The lowest BCUT2D eigenvalue weighted by Gasteiger charge is -2.17. The standard InChI is InChI=1S/C12H16ClNO3S/c1-3-14(4-2)12(15)9-10-5-7-11(8-6-10)18(13,16)17/h5,7-9H,3-4,6H2,1-2H3. The van der Waals surface area contributed by atoms with Crippen LogP contribution in [0.3, 0.4) is 0 Å². The molecule has 0 fully saturated rings. The molecule has 0 saturated heterocycles. The van der Waals surface area contributed by atoms with Gasteiger partial charge in [-0.05, 0) is 31.9 Å². The van der Waals surface area contributed by atoms with Crippen LogP contribution >= 0.6 is 10.7 Å². The molecule has 0 unspecified atom stereocenters. The van der Waals surface area contributed by atoms with E-state index in [1.807, 2.05) is 13.8 Å². The maximum atomic E-state index is 11.8. The summed E-state index contributed by atoms with van der Waals surface area (Å²) < 4.78 is 22.1. The molecule has 6 heteroatoms. The summed E-state index contributed by atoms with van der Waals surface area (Å²) in [5.41, 5.74) is 0.774. The van der Waals surface area contributed by atoms with Gasteiger partial charge in [-0.2, -0.15) is 0 Å². The Labute approximate surface area is 112 Å². The van der Waals surface area contributed by atoms with E-state index >= 15 is 0 Å². The molecule has 1 amide bonds. The van der Waals surface area contributed by atoms with Gasteiger partial charge in [0.1, 0.15) is 0 Å². The summed E-state index contributed by atoms with van der Waals surface area (Å²) in [6, 6.07) is 0. The van der Waals surface area contributed by atoms with Crippen molar-refractivity contribution in [3.63, 3.8) is 0 Å². The zero-order valence-corrected chi connectivity index (χ0v) is 12.0. The maximum absolute atomic E-state index is 11.8. The molecule has 100 valence electrons. The summed E-state index contributed by atoms with van der Waals surface area (Å²) >= 11 is 0. The van der Waals surface area contributed by atoms with Crippen molar-refractivity contribution in [3.05, 3.63) is 34.8 Å². The minimum atomic E-state index is -3.68. The Balaban J connectivity index is 2.78. The Morgan fingerprint density at radius 2 is 2.00 bits per heavy atom. The molecule has 0 aromatic heterocycles. The first-order chi connectivity index (χ1) is 8.38. The smallest absolute Gasteiger partial charge is 0.261 e. The third kappa shape index (κ3) is 3.99. The van der Waals surface area contributed by atoms with Crippen molar-refractivity contribution in [1.82, 2.24) is 4.90 Å². The maximum Gasteiger partial charge on any atom is 0.261 e. The van der Waals surface area contributed by atoms with Crippen molar-refractivity contribution in [1.29, 1.82) is 0 Å². The van der Waals surface area contributed by atoms with E-state index in [2.05, 4.69) is 0 Å². The molecule has 0 spiro atoms. The van der Waals surface area contributed by atoms with Gasteiger partial charge in [0.15, 0.2) is 0 Å². The van der Waals surface area contributed by atoms with Crippen LogP contribution in [0.2, 0.25) is 0 Å². The molecular formula is C12H16ClNO3S. The number of nitrogens with zero attached hydrogens (tertiary/aromatic N) is 1. The van der Waals surface area contributed by atoms with Crippen LogP contribution in [0.1, 0.15) is 20.3 Å². The average Bonchev–Trinajstić information content (AvgIpc) is 2.30. The van der Waals surface area contributed by atoms with E-state index < -0.39 is 9.05 Å². The first kappa shape index (κ1) is 15.0. The van der Waals surface area contributed by atoms with Gasteiger partial charge in [-0.25, -0.2) is 8.42 Å². The van der Waals surface area contributed by atoms with E-state index in [9.17, 15) is 13.2 Å². The van der Waals surface area contributed by atoms with Gasteiger partial charge in [-0.3, -0.25) is 4.79 Å². The summed E-state index contributed by atoms with van der Waals surface area (Å²) in [5, 5.41) is 0. The van der Waals surface area contributed by atoms with Crippen LogP contribution in [-0.2, 0) is 13.8 Å². The number of rotatable bonds is 4. The second-order valence-corrected chi connectivity index (χ2v) is 6.38. The topological polar surface area (TPSA) is 54.5 Å². The van der Waals surface area contributed by atoms with Crippen molar-refractivity contribution in [2.75, 3.05) is 13.1 Å². The minimum Gasteiger partial charge on any atom is -0.340 e. The van der Waals surface area contributed by atoms with Crippen LogP contribution in [0.15, 0.2) is 34.8 Å². The molecule has 0 radical (unpaired) electrons. The zero-order valence-electron chi connectivity index (χ0n) is 10.4. The van der Waals surface area contributed by atoms with Crippen molar-refractivity contribution in [2.24, 2.45) is 0 Å². The molecule has 0 aromatic carbocycles. The number of carbonyl (C=O) groups is 1. The highest BCUT2D eigenvalue weighted by Crippen LogP contribution is 2.22. The molecule has 0 heterocycles. The minimum absolute atomic E-state index is 0.0646. The van der Waals surface area contributed by atoms with Gasteiger partial charge in [0.2, 0.25) is 5.91 Å². The molecule has 4 nitrogen and oxygen atoms in total. The summed E-state index contributed by atoms with van der Waals surface area (Å²) in [7, 11) is 1.54. The Morgan fingerprint density at radius 3 is 2.39 bits per heavy atom. The highest BCUT2D eigenvalue weighted by Gasteiger charge is 2.14. The van der Waals surface area contributed by atoms with Crippen molar-refractivity contribution in [2.45, 2.75) is 20.3 Å². The van der Waals surface area contributed by atoms with Crippen molar-refractivity contribution in [3.8, 4) is 0 Å². The zero-order chi connectivity index (χ0) is 13.8. The largest absolute Gasteiger partial charge is 0.340 e. The Kier molecular flexibility index (Phi) is 5.16. The van der Waals surface area contributed by atoms with E-state index in [0.29, 0.717) is 19.5 Å². The number of halogens is 1. The van der Waals surface area contributed by atoms with Crippen LogP contribution in [0.4, 0.5) is 0 Å². The summed E-state index contributed by atoms with van der Waals surface area (Å²) in [6.07, 6.45) is 6.44. The van der Waals surface area contributed by atoms with Crippen LogP contribution in [0, 0.1) is 0 Å². The molecular weight excluding hydrogens is 274 g/mol. The number of carbonyl (C=O) groups excluding carboxylic acids is 1. The van der Waals surface area contributed by atoms with Gasteiger partial charge in [-0.15, -0.1) is 0 Å². The van der Waals surface area contributed by atoms with Gasteiger partial charge < -0.3 is 4.90 Å². The monoisotopic (exact) mass is 289 g/mol. The number of allylic oxidation sites excluding steroid dienone is 4. The van der Waals surface area contributed by atoms with Crippen LogP contribution in [-0.4, -0.2) is 32.3 Å². The lowest BCUT2D eigenvalue weighted by Crippen LogP contribution is -2.29. The van der Waals surface area contributed by atoms with Crippen molar-refractivity contribution >= 4 is 25.6 Å². The van der Waals surface area contributed by atoms with E-state index in [1.54, 1.807) is 11.0 Å². The molecule has 18 heavy (non-hydrogen) atoms. The van der Waals surface area contributed by atoms with E-state index in [4.69, 9.17) is 10.7 Å². The Bertz CT molecular complexity index is 513. The fourth-order valence-corrected chi connectivity index (χ4v) is 2.47. The Morgan fingerprint density at radius 1 is 1.39 bits per heavy atom. The molecule has 1 aliphatic rings. The van der Waals surface area contributed by atoms with E-state index in [0.717, 1.165) is 5.57 Å². The van der Waals surface area contributed by atoms with E-state index in [-0.39, 0.29) is 10.8 Å². The van der Waals surface area contributed by atoms with Gasteiger partial charge >= 0.3 is 0 Å². The third-order valence-corrected chi connectivity index (χ3v) is 4.07. The predicted molar refractivity (Wildman–Crippen MR) is 72.6 cm³/mol. The molecule has 1 aliphatic carbocycles. The molecule has 0 bridgehead atoms. The molecule has 1 rings (SSSR count). The van der Waals surface area contributed by atoms with Crippen LogP contribution < -0.4 is 0 Å². The molecule has 0 saturated carbocycles. The van der Waals surface area contributed by atoms with E-state index in [1.165, 1.54) is 18.2 Å². The highest BCUT2D eigenvalue weighted by molar-refractivity contribution is 8.17. The van der Waals surface area contributed by atoms with Gasteiger partial charge in [0, 0.05) is 29.8 Å². The number of likely N-dealkylation sites (N-methyl/N-ethyl adjacent to an activating group) is 1. The SMILES string of the molecule is CCN(CC)C(=O)C=C1C=CC(S(=O)(=O)Cl)=CC1. The number of hydrogen-bond acceptors (Lipinski definition) is 3. The number of hydrogen-bond donors (Lipinski definition) is 0. The van der Waals surface area contributed by atoms with Gasteiger partial charge in [-0.1, -0.05) is 12.2 Å². The predicted octanol–water partition coefficient (Wildman–Crippen LogP) is 2.19. The second-order valence-electron chi connectivity index (χ2n) is 3.81. The fraction of sp³-hybridized carbons (Fsp3) is 0.417. The highest BCUT2D eigenvalue weighted by atomic mass is 35.7. The van der Waals surface area contributed by atoms with Crippen LogP contribution in [0.25, 0.3) is 0 Å². The second kappa shape index (κ2) is 6.20. The molecule has 0 aliphatic heterocycles. The Hall–Kier alpha value is -1.07. The summed E-state index contributed by atoms with van der Waals surface area (Å²) in [6.45, 7) is 5.13. The third-order valence-electron chi connectivity index (χ3n) is 2.67. The average molecular weight is 290 g/mol. The van der Waals surface area contributed by atoms with Gasteiger partial charge in [0.05, 0.1) is 4.91 Å². The lowest BCUT2D eigenvalue weighted by molar-refractivity contribution is -0.125. The molecule has 0 aromatic rings. The fourth-order valence-electron chi connectivity index (χ4n) is 1.62. The number of amides is 1. The molecule has 0 N–H and O–H groups in total. The normalized spacial score (nSPS) is 17.7. The quantitative estimate of drug-likeness (QED) is 0.589. The first-order valence-electron chi connectivity index (χ1n) is 5.70. The van der Waals surface area contributed by atoms with Gasteiger partial charge in [0.25, 0.3) is 9.05 Å². The summed E-state index contributed by atoms with van der Waals surface area (Å²) in [4.78, 5) is 13.6. The van der Waals surface area contributed by atoms with Crippen molar-refractivity contribution < 1.29 is 13.2 Å². The first-order valence-corrected chi connectivity index (χ1v) is 8.01.